The Morgan fingerprint density at radius 3 is 2.14 bits per heavy atom. The molecule has 1 unspecified atom stereocenters. The fourth-order valence-corrected chi connectivity index (χ4v) is 4.10. The van der Waals surface area contributed by atoms with Gasteiger partial charge in [0.15, 0.2) is 0 Å². The van der Waals surface area contributed by atoms with Crippen molar-refractivity contribution in [3.05, 3.63) is 64.7 Å². The van der Waals surface area contributed by atoms with Crippen molar-refractivity contribution in [1.29, 1.82) is 0 Å². The van der Waals surface area contributed by atoms with Crippen LogP contribution in [-0.2, 0) is 4.79 Å². The van der Waals surface area contributed by atoms with Gasteiger partial charge in [-0.25, -0.2) is 0 Å². The van der Waals surface area contributed by atoms with Crippen molar-refractivity contribution in [1.82, 2.24) is 4.90 Å². The third kappa shape index (κ3) is 4.12. The minimum atomic E-state index is -0.230. The quantitative estimate of drug-likeness (QED) is 0.566. The summed E-state index contributed by atoms with van der Waals surface area (Å²) in [4.78, 5) is 38.5. The number of amides is 3. The molecule has 0 fully saturated rings. The number of nitrogens with zero attached hydrogens (tertiary/aromatic N) is 1. The van der Waals surface area contributed by atoms with E-state index in [-0.39, 0.29) is 23.0 Å². The Morgan fingerprint density at radius 1 is 1.00 bits per heavy atom. The first-order valence-electron chi connectivity index (χ1n) is 9.34. The lowest BCUT2D eigenvalue weighted by atomic mass is 10.1. The van der Waals surface area contributed by atoms with Crippen LogP contribution in [0.1, 0.15) is 45.2 Å². The van der Waals surface area contributed by atoms with E-state index in [4.69, 9.17) is 0 Å². The molecular formula is C22H24N2O3S. The second-order valence-electron chi connectivity index (χ2n) is 6.93. The molecule has 0 bridgehead atoms. The predicted molar refractivity (Wildman–Crippen MR) is 113 cm³/mol. The topological polar surface area (TPSA) is 66.5 Å². The van der Waals surface area contributed by atoms with Gasteiger partial charge < -0.3 is 5.32 Å². The summed E-state index contributed by atoms with van der Waals surface area (Å²) in [5.74, 6) is 0.190. The van der Waals surface area contributed by atoms with Crippen molar-refractivity contribution in [2.45, 2.75) is 32.4 Å². The molecule has 0 aliphatic carbocycles. The highest BCUT2D eigenvalue weighted by Crippen LogP contribution is 2.24. The van der Waals surface area contributed by atoms with Crippen molar-refractivity contribution < 1.29 is 14.4 Å². The van der Waals surface area contributed by atoms with Crippen LogP contribution in [0.3, 0.4) is 0 Å². The van der Waals surface area contributed by atoms with E-state index in [1.165, 1.54) is 16.7 Å². The molecule has 5 nitrogen and oxygen atoms in total. The highest BCUT2D eigenvalue weighted by Gasteiger charge is 2.34. The summed E-state index contributed by atoms with van der Waals surface area (Å²) in [7, 11) is 0. The fraction of sp³-hybridized carbons (Fsp3) is 0.318. The number of hydrogen-bond acceptors (Lipinski definition) is 4. The zero-order valence-electron chi connectivity index (χ0n) is 16.3. The van der Waals surface area contributed by atoms with Crippen molar-refractivity contribution in [2.75, 3.05) is 17.6 Å². The van der Waals surface area contributed by atoms with Crippen molar-refractivity contribution in [2.24, 2.45) is 0 Å². The van der Waals surface area contributed by atoms with Gasteiger partial charge in [0.25, 0.3) is 11.8 Å². The molecule has 28 heavy (non-hydrogen) atoms. The SMILES string of the molecule is Cc1cccc(C)c1NC(=O)C(C)SCCCN1C(=O)c2ccccc2C1=O. The van der Waals surface area contributed by atoms with Gasteiger partial charge in [-0.15, -0.1) is 11.8 Å². The van der Waals surface area contributed by atoms with Gasteiger partial charge in [0.1, 0.15) is 0 Å². The van der Waals surface area contributed by atoms with Gasteiger partial charge in [-0.1, -0.05) is 30.3 Å². The van der Waals surface area contributed by atoms with Gasteiger partial charge in [0, 0.05) is 12.2 Å². The smallest absolute Gasteiger partial charge is 0.261 e. The molecular weight excluding hydrogens is 372 g/mol. The number of para-hydroxylation sites is 1. The molecule has 2 aromatic carbocycles. The largest absolute Gasteiger partial charge is 0.325 e. The lowest BCUT2D eigenvalue weighted by Gasteiger charge is -2.16. The number of anilines is 1. The first kappa shape index (κ1) is 20.1. The maximum Gasteiger partial charge on any atom is 0.261 e. The third-order valence-corrected chi connectivity index (χ3v) is 6.11. The van der Waals surface area contributed by atoms with E-state index in [2.05, 4.69) is 5.32 Å². The highest BCUT2D eigenvalue weighted by molar-refractivity contribution is 8.00. The summed E-state index contributed by atoms with van der Waals surface area (Å²) < 4.78 is 0. The van der Waals surface area contributed by atoms with Crippen LogP contribution in [0.2, 0.25) is 0 Å². The van der Waals surface area contributed by atoms with Crippen LogP contribution < -0.4 is 5.32 Å². The first-order valence-corrected chi connectivity index (χ1v) is 10.4. The van der Waals surface area contributed by atoms with Gasteiger partial charge in [-0.2, -0.15) is 0 Å². The van der Waals surface area contributed by atoms with Crippen LogP contribution in [0.25, 0.3) is 0 Å². The van der Waals surface area contributed by atoms with E-state index in [1.807, 2.05) is 39.0 Å². The lowest BCUT2D eigenvalue weighted by Crippen LogP contribution is -2.31. The monoisotopic (exact) mass is 396 g/mol. The first-order chi connectivity index (χ1) is 13.4. The molecule has 1 N–H and O–H groups in total. The van der Waals surface area contributed by atoms with Crippen molar-refractivity contribution in [3.8, 4) is 0 Å². The molecule has 0 saturated heterocycles. The van der Waals surface area contributed by atoms with E-state index in [0.717, 1.165) is 16.8 Å². The van der Waals surface area contributed by atoms with Crippen molar-refractivity contribution in [3.63, 3.8) is 0 Å². The number of imide groups is 1. The average Bonchev–Trinajstić information content (AvgIpc) is 2.92. The summed E-state index contributed by atoms with van der Waals surface area (Å²) in [5, 5.41) is 2.79. The summed E-state index contributed by atoms with van der Waals surface area (Å²) in [6.45, 7) is 6.19. The van der Waals surface area contributed by atoms with Crippen LogP contribution in [0, 0.1) is 13.8 Å². The maximum atomic E-state index is 12.5. The van der Waals surface area contributed by atoms with E-state index >= 15 is 0 Å². The molecule has 1 atom stereocenters. The zero-order valence-corrected chi connectivity index (χ0v) is 17.1. The highest BCUT2D eigenvalue weighted by atomic mass is 32.2. The maximum absolute atomic E-state index is 12.5. The van der Waals surface area contributed by atoms with Crippen LogP contribution >= 0.6 is 11.8 Å². The molecule has 1 aliphatic rings. The normalized spacial score (nSPS) is 14.2. The molecule has 0 radical (unpaired) electrons. The number of fused-ring (bicyclic) bond motifs is 1. The van der Waals surface area contributed by atoms with Gasteiger partial charge in [-0.05, 0) is 56.2 Å². The molecule has 3 rings (SSSR count). The van der Waals surface area contributed by atoms with Crippen molar-refractivity contribution >= 4 is 35.2 Å². The second kappa shape index (κ2) is 8.61. The van der Waals surface area contributed by atoms with Crippen LogP contribution in [0.5, 0.6) is 0 Å². The van der Waals surface area contributed by atoms with Gasteiger partial charge in [0.2, 0.25) is 5.91 Å². The lowest BCUT2D eigenvalue weighted by molar-refractivity contribution is -0.115. The zero-order chi connectivity index (χ0) is 20.3. The predicted octanol–water partition coefficient (Wildman–Crippen LogP) is 4.05. The molecule has 0 aromatic heterocycles. The molecule has 1 aliphatic heterocycles. The van der Waals surface area contributed by atoms with E-state index in [0.29, 0.717) is 29.8 Å². The molecule has 0 spiro atoms. The Kier molecular flexibility index (Phi) is 6.19. The number of hydrogen-bond donors (Lipinski definition) is 1. The molecule has 0 saturated carbocycles. The summed E-state index contributed by atoms with van der Waals surface area (Å²) in [6, 6.07) is 12.8. The van der Waals surface area contributed by atoms with Gasteiger partial charge in [-0.3, -0.25) is 19.3 Å². The minimum absolute atomic E-state index is 0.0388. The number of rotatable bonds is 7. The third-order valence-electron chi connectivity index (χ3n) is 4.87. The van der Waals surface area contributed by atoms with Crippen LogP contribution in [0.4, 0.5) is 5.69 Å². The molecule has 146 valence electrons. The second-order valence-corrected chi connectivity index (χ2v) is 8.38. The van der Waals surface area contributed by atoms with E-state index in [1.54, 1.807) is 24.3 Å². The Balaban J connectivity index is 1.47. The molecule has 3 amide bonds. The Labute approximate surface area is 169 Å². The minimum Gasteiger partial charge on any atom is -0.325 e. The van der Waals surface area contributed by atoms with Gasteiger partial charge in [0.05, 0.1) is 16.4 Å². The Morgan fingerprint density at radius 2 is 1.57 bits per heavy atom. The average molecular weight is 397 g/mol. The Hall–Kier alpha value is -2.60. The number of carbonyl (C=O) groups is 3. The molecule has 6 heteroatoms. The number of thioether (sulfide) groups is 1. The molecule has 1 heterocycles. The molecule has 2 aromatic rings. The van der Waals surface area contributed by atoms with Gasteiger partial charge >= 0.3 is 0 Å². The number of nitrogens with one attached hydrogen (secondary N) is 1. The standard InChI is InChI=1S/C22H24N2O3S/c1-14-8-6-9-15(2)19(14)23-20(25)16(3)28-13-7-12-24-21(26)17-10-4-5-11-18(17)22(24)27/h4-6,8-11,16H,7,12-13H2,1-3H3,(H,23,25). The number of benzene rings is 2. The summed E-state index contributed by atoms with van der Waals surface area (Å²) in [6.07, 6.45) is 0.650. The van der Waals surface area contributed by atoms with E-state index < -0.39 is 0 Å². The fourth-order valence-electron chi connectivity index (χ4n) is 3.24. The Bertz CT molecular complexity index is 870. The van der Waals surface area contributed by atoms with Crippen LogP contribution in [0.15, 0.2) is 42.5 Å². The summed E-state index contributed by atoms with van der Waals surface area (Å²) in [5.41, 5.74) is 3.89. The number of aryl methyl sites for hydroxylation is 2. The summed E-state index contributed by atoms with van der Waals surface area (Å²) >= 11 is 1.52. The van der Waals surface area contributed by atoms with E-state index in [9.17, 15) is 14.4 Å². The number of carbonyl (C=O) groups excluding carboxylic acids is 3. The van der Waals surface area contributed by atoms with Crippen LogP contribution in [-0.4, -0.2) is 40.2 Å².